The van der Waals surface area contributed by atoms with Gasteiger partial charge in [0, 0.05) is 23.4 Å². The maximum Gasteiger partial charge on any atom is 0.275 e. The molecule has 2 aliphatic heterocycles. The van der Waals surface area contributed by atoms with E-state index in [0.717, 1.165) is 47.5 Å². The van der Waals surface area contributed by atoms with Crippen LogP contribution in [0.5, 0.6) is 5.75 Å². The quantitative estimate of drug-likeness (QED) is 0.562. The first kappa shape index (κ1) is 22.3. The molecule has 4 heterocycles. The van der Waals surface area contributed by atoms with Gasteiger partial charge in [-0.1, -0.05) is 12.8 Å². The fourth-order valence-corrected chi connectivity index (χ4v) is 7.39. The smallest absolute Gasteiger partial charge is 0.275 e. The lowest BCUT2D eigenvalue weighted by Crippen LogP contribution is -2.43. The Morgan fingerprint density at radius 3 is 2.53 bits per heavy atom. The minimum absolute atomic E-state index is 0.0582. The first-order valence-corrected chi connectivity index (χ1v) is 13.5. The molecule has 3 fully saturated rings. The summed E-state index contributed by atoms with van der Waals surface area (Å²) < 4.78 is 8.56. The van der Waals surface area contributed by atoms with E-state index >= 15 is 0 Å². The van der Waals surface area contributed by atoms with E-state index in [0.29, 0.717) is 29.1 Å². The summed E-state index contributed by atoms with van der Waals surface area (Å²) >= 11 is 1.47. The molecule has 6 nitrogen and oxygen atoms in total. The lowest BCUT2D eigenvalue weighted by Gasteiger charge is -2.36. The number of hydrogen-bond acceptors (Lipinski definition) is 6. The number of hydrogen-bond donors (Lipinski definition) is 1. The molecule has 1 aromatic carbocycles. The normalized spacial score (nSPS) is 26.4. The number of benzene rings is 1. The van der Waals surface area contributed by atoms with Crippen molar-refractivity contribution in [3.05, 3.63) is 51.9 Å². The highest BCUT2D eigenvalue weighted by Crippen LogP contribution is 2.36. The van der Waals surface area contributed by atoms with Crippen molar-refractivity contribution in [1.29, 1.82) is 0 Å². The standard InChI is InChI=1S/C27H33N3O3S/c1-29-19-6-7-20(29)13-22(12-19)33-21-10-8-18(9-11-21)30-16-28-24-14-23(34-26(24)27(30)32)15-25(31)17-4-2-3-5-17/h8-11,14,16-17,19-20,22,25,31H,2-7,12-13,15H2,1H3/t19-,20+,22?,25?. The van der Waals surface area contributed by atoms with Gasteiger partial charge < -0.3 is 14.7 Å². The molecular formula is C27H33N3O3S. The summed E-state index contributed by atoms with van der Waals surface area (Å²) in [5.41, 5.74) is 1.45. The Morgan fingerprint density at radius 1 is 1.12 bits per heavy atom. The first-order chi connectivity index (χ1) is 16.5. The van der Waals surface area contributed by atoms with Crippen LogP contribution in [0.1, 0.15) is 56.2 Å². The highest BCUT2D eigenvalue weighted by Gasteiger charge is 2.39. The summed E-state index contributed by atoms with van der Waals surface area (Å²) in [6.07, 6.45) is 11.5. The van der Waals surface area contributed by atoms with Crippen LogP contribution in [0.15, 0.2) is 41.5 Å². The van der Waals surface area contributed by atoms with Crippen molar-refractivity contribution in [3.8, 4) is 11.4 Å². The maximum atomic E-state index is 13.2. The average molecular weight is 480 g/mol. The zero-order valence-electron chi connectivity index (χ0n) is 19.7. The van der Waals surface area contributed by atoms with E-state index in [4.69, 9.17) is 4.74 Å². The number of piperidine rings is 1. The van der Waals surface area contributed by atoms with Gasteiger partial charge in [0.25, 0.3) is 5.56 Å². The Hall–Kier alpha value is -2.22. The molecule has 6 rings (SSSR count). The molecule has 3 aromatic rings. The molecule has 1 N–H and O–H groups in total. The van der Waals surface area contributed by atoms with Gasteiger partial charge in [-0.2, -0.15) is 0 Å². The number of fused-ring (bicyclic) bond motifs is 3. The predicted molar refractivity (Wildman–Crippen MR) is 135 cm³/mol. The minimum atomic E-state index is -0.329. The lowest BCUT2D eigenvalue weighted by atomic mass is 9.98. The highest BCUT2D eigenvalue weighted by atomic mass is 32.1. The van der Waals surface area contributed by atoms with Crippen LogP contribution >= 0.6 is 11.3 Å². The summed E-state index contributed by atoms with van der Waals surface area (Å²) in [7, 11) is 2.24. The summed E-state index contributed by atoms with van der Waals surface area (Å²) in [5.74, 6) is 1.25. The van der Waals surface area contributed by atoms with Crippen LogP contribution in [-0.2, 0) is 6.42 Å². The molecule has 3 aliphatic rings. The van der Waals surface area contributed by atoms with Crippen molar-refractivity contribution >= 4 is 21.6 Å². The van der Waals surface area contributed by atoms with Crippen LogP contribution in [0.4, 0.5) is 0 Å². The largest absolute Gasteiger partial charge is 0.490 e. The molecule has 2 bridgehead atoms. The summed E-state index contributed by atoms with van der Waals surface area (Å²) in [4.78, 5) is 21.3. The van der Waals surface area contributed by atoms with Crippen molar-refractivity contribution in [3.63, 3.8) is 0 Å². The molecule has 0 radical (unpaired) electrons. The van der Waals surface area contributed by atoms with Crippen LogP contribution in [0, 0.1) is 5.92 Å². The van der Waals surface area contributed by atoms with Gasteiger partial charge in [0.15, 0.2) is 0 Å². The average Bonchev–Trinajstić information content (AvgIpc) is 3.54. The zero-order valence-corrected chi connectivity index (χ0v) is 20.5. The minimum Gasteiger partial charge on any atom is -0.490 e. The van der Waals surface area contributed by atoms with Crippen molar-refractivity contribution in [1.82, 2.24) is 14.5 Å². The van der Waals surface area contributed by atoms with E-state index in [2.05, 4.69) is 16.9 Å². The van der Waals surface area contributed by atoms with Crippen molar-refractivity contribution in [2.24, 2.45) is 5.92 Å². The number of rotatable bonds is 6. The number of aliphatic hydroxyl groups excluding tert-OH is 1. The van der Waals surface area contributed by atoms with E-state index in [1.807, 2.05) is 30.3 Å². The number of aliphatic hydroxyl groups is 1. The van der Waals surface area contributed by atoms with Gasteiger partial charge in [-0.25, -0.2) is 4.98 Å². The van der Waals surface area contributed by atoms with Gasteiger partial charge >= 0.3 is 0 Å². The Labute approximate surface area is 204 Å². The number of thiophene rings is 1. The van der Waals surface area contributed by atoms with Crippen LogP contribution in [0.3, 0.4) is 0 Å². The van der Waals surface area contributed by atoms with Gasteiger partial charge in [0.2, 0.25) is 0 Å². The molecule has 2 aromatic heterocycles. The molecule has 2 unspecified atom stereocenters. The second kappa shape index (κ2) is 9.10. The third-order valence-electron chi connectivity index (χ3n) is 8.32. The fraction of sp³-hybridized carbons (Fsp3) is 0.556. The molecule has 1 saturated carbocycles. The van der Waals surface area contributed by atoms with E-state index < -0.39 is 0 Å². The van der Waals surface area contributed by atoms with Crippen LogP contribution in [0.2, 0.25) is 0 Å². The Balaban J connectivity index is 1.17. The molecule has 4 atom stereocenters. The number of nitrogens with zero attached hydrogens (tertiary/aromatic N) is 3. The van der Waals surface area contributed by atoms with E-state index in [-0.39, 0.29) is 17.8 Å². The molecule has 2 saturated heterocycles. The Morgan fingerprint density at radius 2 is 1.82 bits per heavy atom. The van der Waals surface area contributed by atoms with E-state index in [9.17, 15) is 9.90 Å². The molecule has 7 heteroatoms. The highest BCUT2D eigenvalue weighted by molar-refractivity contribution is 7.18. The third-order valence-corrected chi connectivity index (χ3v) is 9.45. The molecule has 1 aliphatic carbocycles. The Bertz CT molecular complexity index is 1200. The van der Waals surface area contributed by atoms with Crippen LogP contribution < -0.4 is 10.3 Å². The van der Waals surface area contributed by atoms with Crippen molar-refractivity contribution in [2.75, 3.05) is 7.05 Å². The maximum absolute atomic E-state index is 13.2. The fourth-order valence-electron chi connectivity index (χ4n) is 6.30. The second-order valence-corrected chi connectivity index (χ2v) is 11.6. The van der Waals surface area contributed by atoms with Crippen LogP contribution in [-0.4, -0.2) is 50.9 Å². The van der Waals surface area contributed by atoms with Crippen molar-refractivity contribution < 1.29 is 9.84 Å². The summed E-state index contributed by atoms with van der Waals surface area (Å²) in [6.45, 7) is 0. The monoisotopic (exact) mass is 479 g/mol. The van der Waals surface area contributed by atoms with Gasteiger partial charge in [0.1, 0.15) is 22.9 Å². The second-order valence-electron chi connectivity index (χ2n) is 10.4. The molecule has 34 heavy (non-hydrogen) atoms. The molecule has 0 spiro atoms. The van der Waals surface area contributed by atoms with Gasteiger partial charge in [-0.15, -0.1) is 11.3 Å². The number of ether oxygens (including phenoxy) is 1. The van der Waals surface area contributed by atoms with Gasteiger partial charge in [0.05, 0.1) is 17.3 Å². The summed E-state index contributed by atoms with van der Waals surface area (Å²) in [6, 6.07) is 11.1. The third kappa shape index (κ3) is 4.18. The topological polar surface area (TPSA) is 67.6 Å². The molecule has 180 valence electrons. The number of aromatic nitrogens is 2. The lowest BCUT2D eigenvalue weighted by molar-refractivity contribution is 0.0662. The van der Waals surface area contributed by atoms with Crippen molar-refractivity contribution in [2.45, 2.75) is 82.1 Å². The van der Waals surface area contributed by atoms with Crippen LogP contribution in [0.25, 0.3) is 15.9 Å². The van der Waals surface area contributed by atoms with E-state index in [1.165, 1.54) is 37.0 Å². The zero-order chi connectivity index (χ0) is 23.2. The predicted octanol–water partition coefficient (Wildman–Crippen LogP) is 4.54. The first-order valence-electron chi connectivity index (χ1n) is 12.7. The Kier molecular flexibility index (Phi) is 5.95. The molecule has 0 amide bonds. The SMILES string of the molecule is CN1[C@@H]2CC[C@H]1CC(Oc1ccc(-n3cnc4cc(CC(O)C5CCCC5)sc4c3=O)cc1)C2. The van der Waals surface area contributed by atoms with Gasteiger partial charge in [-0.05, 0) is 81.8 Å². The molecular weight excluding hydrogens is 446 g/mol. The van der Waals surface area contributed by atoms with Gasteiger partial charge in [-0.3, -0.25) is 9.36 Å². The summed E-state index contributed by atoms with van der Waals surface area (Å²) in [5, 5.41) is 10.6. The van der Waals surface area contributed by atoms with E-state index in [1.54, 1.807) is 10.9 Å².